The number of rotatable bonds is 5. The van der Waals surface area contributed by atoms with Crippen LogP contribution in [-0.2, 0) is 10.8 Å². The molecule has 9 aromatic rings. The van der Waals surface area contributed by atoms with E-state index in [1.165, 1.54) is 92.6 Å². The maximum absolute atomic E-state index is 2.53. The number of benzene rings is 8. The summed E-state index contributed by atoms with van der Waals surface area (Å²) in [6, 6.07) is 65.9. The van der Waals surface area contributed by atoms with Crippen molar-refractivity contribution in [2.75, 3.05) is 4.90 Å². The Morgan fingerprint density at radius 3 is 1.82 bits per heavy atom. The molecule has 0 fully saturated rings. The zero-order valence-corrected chi connectivity index (χ0v) is 32.9. The van der Waals surface area contributed by atoms with Gasteiger partial charge in [-0.2, -0.15) is 0 Å². The standard InChI is InChI=1S/C54H41NS/c1-53(2)44-21-9-5-18-39(44)42-32-35(27-29-46(42)53)34-15-13-16-37(31-34)55(49-25-14-23-47-52(49)41-20-6-10-22-45(41)54(47,3)4)48-24-11-7-17-38(48)36-28-30-51-43(33-36)40-19-8-12-26-50(40)56-51/h5-33H,1-4H3. The molecular formula is C54H41NS. The maximum Gasteiger partial charge on any atom is 0.0543 e. The Kier molecular flexibility index (Phi) is 7.18. The summed E-state index contributed by atoms with van der Waals surface area (Å²) in [6.45, 7) is 9.44. The number of anilines is 3. The zero-order valence-electron chi connectivity index (χ0n) is 32.1. The highest BCUT2D eigenvalue weighted by Crippen LogP contribution is 2.55. The first kappa shape index (κ1) is 33.1. The first-order chi connectivity index (χ1) is 27.3. The molecule has 0 amide bonds. The molecule has 0 aliphatic heterocycles. The topological polar surface area (TPSA) is 3.24 Å². The van der Waals surface area contributed by atoms with Gasteiger partial charge in [0.15, 0.2) is 0 Å². The minimum atomic E-state index is -0.117. The van der Waals surface area contributed by atoms with Crippen molar-refractivity contribution in [1.29, 1.82) is 0 Å². The van der Waals surface area contributed by atoms with E-state index in [9.17, 15) is 0 Å². The van der Waals surface area contributed by atoms with Gasteiger partial charge < -0.3 is 4.90 Å². The van der Waals surface area contributed by atoms with E-state index in [0.717, 1.165) is 11.4 Å². The van der Waals surface area contributed by atoms with Crippen LogP contribution in [0.5, 0.6) is 0 Å². The summed E-state index contributed by atoms with van der Waals surface area (Å²) in [7, 11) is 0. The molecule has 0 saturated heterocycles. The fourth-order valence-corrected chi connectivity index (χ4v) is 10.9. The summed E-state index contributed by atoms with van der Waals surface area (Å²) in [4.78, 5) is 2.53. The van der Waals surface area contributed by atoms with E-state index in [1.807, 2.05) is 11.3 Å². The van der Waals surface area contributed by atoms with Crippen molar-refractivity contribution < 1.29 is 0 Å². The van der Waals surface area contributed by atoms with Gasteiger partial charge in [0.2, 0.25) is 0 Å². The fraction of sp³-hybridized carbons (Fsp3) is 0.111. The zero-order chi connectivity index (χ0) is 37.8. The van der Waals surface area contributed by atoms with Crippen LogP contribution < -0.4 is 4.90 Å². The van der Waals surface area contributed by atoms with Gasteiger partial charge in [-0.1, -0.05) is 155 Å². The van der Waals surface area contributed by atoms with Crippen LogP contribution in [0.25, 0.3) is 64.7 Å². The molecule has 268 valence electrons. The second kappa shape index (κ2) is 12.1. The molecule has 2 aliphatic rings. The van der Waals surface area contributed by atoms with Crippen molar-refractivity contribution in [3.8, 4) is 44.5 Å². The van der Waals surface area contributed by atoms with Crippen LogP contribution in [0.1, 0.15) is 49.9 Å². The SMILES string of the molecule is CC1(C)c2ccccc2-c2cc(-c3cccc(N(c4ccccc4-c4ccc5sc6ccccc6c5c4)c4cccc5c4-c4ccccc4C5(C)C)c3)ccc21. The fourth-order valence-electron chi connectivity index (χ4n) is 9.86. The van der Waals surface area contributed by atoms with Gasteiger partial charge >= 0.3 is 0 Å². The van der Waals surface area contributed by atoms with Crippen LogP contribution in [-0.4, -0.2) is 0 Å². The Balaban J connectivity index is 1.14. The summed E-state index contributed by atoms with van der Waals surface area (Å²) >= 11 is 1.87. The lowest BCUT2D eigenvalue weighted by Crippen LogP contribution is -2.16. The second-order valence-electron chi connectivity index (χ2n) is 16.5. The molecule has 2 heteroatoms. The highest BCUT2D eigenvalue weighted by molar-refractivity contribution is 7.25. The van der Waals surface area contributed by atoms with E-state index < -0.39 is 0 Å². The van der Waals surface area contributed by atoms with Gasteiger partial charge in [-0.3, -0.25) is 0 Å². The van der Waals surface area contributed by atoms with Crippen LogP contribution in [0.3, 0.4) is 0 Å². The minimum Gasteiger partial charge on any atom is -0.309 e. The minimum absolute atomic E-state index is 0.0249. The molecule has 8 aromatic carbocycles. The number of hydrogen-bond donors (Lipinski definition) is 0. The third-order valence-electron chi connectivity index (χ3n) is 12.7. The summed E-state index contributed by atoms with van der Waals surface area (Å²) < 4.78 is 2.64. The smallest absolute Gasteiger partial charge is 0.0543 e. The number of para-hydroxylation sites is 1. The van der Waals surface area contributed by atoms with Crippen LogP contribution in [0.4, 0.5) is 17.1 Å². The van der Waals surface area contributed by atoms with Crippen molar-refractivity contribution in [3.05, 3.63) is 198 Å². The van der Waals surface area contributed by atoms with E-state index in [0.29, 0.717) is 0 Å². The predicted octanol–water partition coefficient (Wildman–Crippen LogP) is 15.5. The summed E-state index contributed by atoms with van der Waals surface area (Å²) in [5, 5.41) is 2.63. The average Bonchev–Trinajstić information content (AvgIpc) is 3.81. The van der Waals surface area contributed by atoms with Gasteiger partial charge in [0, 0.05) is 47.8 Å². The van der Waals surface area contributed by atoms with Crippen molar-refractivity contribution >= 4 is 48.6 Å². The molecule has 1 nitrogen and oxygen atoms in total. The molecular weight excluding hydrogens is 695 g/mol. The largest absolute Gasteiger partial charge is 0.309 e. The number of fused-ring (bicyclic) bond motifs is 9. The van der Waals surface area contributed by atoms with Gasteiger partial charge in [0.05, 0.1) is 11.4 Å². The molecule has 0 radical (unpaired) electrons. The van der Waals surface area contributed by atoms with E-state index >= 15 is 0 Å². The number of nitrogens with zero attached hydrogens (tertiary/aromatic N) is 1. The quantitative estimate of drug-likeness (QED) is 0.170. The Morgan fingerprint density at radius 2 is 0.964 bits per heavy atom. The molecule has 56 heavy (non-hydrogen) atoms. The van der Waals surface area contributed by atoms with Gasteiger partial charge in [0.1, 0.15) is 0 Å². The average molecular weight is 736 g/mol. The normalized spacial score (nSPS) is 14.4. The van der Waals surface area contributed by atoms with Gasteiger partial charge in [-0.25, -0.2) is 0 Å². The molecule has 0 saturated carbocycles. The summed E-state index contributed by atoms with van der Waals surface area (Å²) in [5.74, 6) is 0. The first-order valence-corrected chi connectivity index (χ1v) is 20.5. The first-order valence-electron chi connectivity index (χ1n) is 19.7. The van der Waals surface area contributed by atoms with E-state index in [1.54, 1.807) is 0 Å². The van der Waals surface area contributed by atoms with Crippen LogP contribution in [0.2, 0.25) is 0 Å². The van der Waals surface area contributed by atoms with Gasteiger partial charge in [0.25, 0.3) is 0 Å². The highest BCUT2D eigenvalue weighted by atomic mass is 32.1. The summed E-state index contributed by atoms with van der Waals surface area (Å²) in [6.07, 6.45) is 0. The van der Waals surface area contributed by atoms with E-state index in [4.69, 9.17) is 0 Å². The van der Waals surface area contributed by atoms with Crippen molar-refractivity contribution in [2.45, 2.75) is 38.5 Å². The molecule has 0 atom stereocenters. The number of hydrogen-bond acceptors (Lipinski definition) is 2. The maximum atomic E-state index is 2.53. The van der Waals surface area contributed by atoms with Crippen LogP contribution in [0.15, 0.2) is 176 Å². The van der Waals surface area contributed by atoms with Crippen LogP contribution >= 0.6 is 11.3 Å². The molecule has 1 heterocycles. The lowest BCUT2D eigenvalue weighted by molar-refractivity contribution is 0.660. The monoisotopic (exact) mass is 735 g/mol. The third kappa shape index (κ3) is 4.79. The van der Waals surface area contributed by atoms with E-state index in [2.05, 4.69) is 209 Å². The lowest BCUT2D eigenvalue weighted by atomic mass is 9.82. The third-order valence-corrected chi connectivity index (χ3v) is 13.8. The predicted molar refractivity (Wildman–Crippen MR) is 240 cm³/mol. The van der Waals surface area contributed by atoms with E-state index in [-0.39, 0.29) is 10.8 Å². The van der Waals surface area contributed by atoms with Crippen LogP contribution in [0, 0.1) is 0 Å². The van der Waals surface area contributed by atoms with Crippen molar-refractivity contribution in [3.63, 3.8) is 0 Å². The number of thiophene rings is 1. The lowest BCUT2D eigenvalue weighted by Gasteiger charge is -2.31. The molecule has 2 aliphatic carbocycles. The van der Waals surface area contributed by atoms with Crippen molar-refractivity contribution in [1.82, 2.24) is 0 Å². The highest BCUT2D eigenvalue weighted by Gasteiger charge is 2.38. The Bertz CT molecular complexity index is 3050. The van der Waals surface area contributed by atoms with Crippen molar-refractivity contribution in [2.24, 2.45) is 0 Å². The van der Waals surface area contributed by atoms with Gasteiger partial charge in [-0.15, -0.1) is 11.3 Å². The molecule has 0 N–H and O–H groups in total. The molecule has 0 unspecified atom stereocenters. The molecule has 0 spiro atoms. The Hall–Kier alpha value is -6.22. The summed E-state index contributed by atoms with van der Waals surface area (Å²) in [5.41, 5.74) is 19.0. The molecule has 1 aromatic heterocycles. The molecule has 11 rings (SSSR count). The van der Waals surface area contributed by atoms with Gasteiger partial charge in [-0.05, 0) is 104 Å². The Morgan fingerprint density at radius 1 is 0.375 bits per heavy atom. The second-order valence-corrected chi connectivity index (χ2v) is 17.6. The molecule has 0 bridgehead atoms. The Labute approximate surface area is 333 Å².